The summed E-state index contributed by atoms with van der Waals surface area (Å²) in [6.45, 7) is 4.33. The Labute approximate surface area is 194 Å². The van der Waals surface area contributed by atoms with Crippen LogP contribution in [0.1, 0.15) is 35.4 Å². The number of carbonyl (C=O) groups is 2. The third kappa shape index (κ3) is 5.22. The highest BCUT2D eigenvalue weighted by Gasteiger charge is 2.47. The van der Waals surface area contributed by atoms with Crippen molar-refractivity contribution in [2.75, 3.05) is 44.8 Å². The zero-order valence-electron chi connectivity index (χ0n) is 18.0. The molecule has 0 saturated carbocycles. The molecule has 0 unspecified atom stereocenters. The van der Waals surface area contributed by atoms with Gasteiger partial charge >= 0.3 is 6.03 Å². The number of thiophene rings is 1. The molecule has 2 aliphatic rings. The van der Waals surface area contributed by atoms with E-state index in [1.807, 2.05) is 28.5 Å². The van der Waals surface area contributed by atoms with Gasteiger partial charge in [-0.05, 0) is 49.4 Å². The predicted molar refractivity (Wildman–Crippen MR) is 128 cm³/mol. The van der Waals surface area contributed by atoms with Crippen molar-refractivity contribution in [2.45, 2.75) is 31.2 Å². The van der Waals surface area contributed by atoms with Gasteiger partial charge in [0.05, 0.1) is 17.1 Å². The Kier molecular flexibility index (Phi) is 7.97. The van der Waals surface area contributed by atoms with Crippen LogP contribution in [0.5, 0.6) is 0 Å². The van der Waals surface area contributed by atoms with Gasteiger partial charge in [0.15, 0.2) is 5.78 Å². The Morgan fingerprint density at radius 1 is 1.10 bits per heavy atom. The van der Waals surface area contributed by atoms with Gasteiger partial charge < -0.3 is 20.0 Å². The Hall–Kier alpha value is -2.09. The van der Waals surface area contributed by atoms with E-state index in [-0.39, 0.29) is 29.8 Å². The number of hydrogen-bond acceptors (Lipinski definition) is 5. The number of para-hydroxylation sites is 1. The zero-order valence-corrected chi connectivity index (χ0v) is 19.6. The van der Waals surface area contributed by atoms with Gasteiger partial charge in [-0.2, -0.15) is 0 Å². The van der Waals surface area contributed by atoms with E-state index < -0.39 is 0 Å². The van der Waals surface area contributed by atoms with Crippen molar-refractivity contribution >= 4 is 41.2 Å². The minimum Gasteiger partial charge on any atom is -0.346 e. The van der Waals surface area contributed by atoms with E-state index in [1.54, 1.807) is 7.05 Å². The van der Waals surface area contributed by atoms with Crippen LogP contribution in [0.25, 0.3) is 0 Å². The van der Waals surface area contributed by atoms with Crippen LogP contribution in [0.2, 0.25) is 0 Å². The van der Waals surface area contributed by atoms with Crippen molar-refractivity contribution in [1.29, 1.82) is 0 Å². The molecule has 1 spiro atoms. The number of likely N-dealkylation sites (tertiary alicyclic amines) is 1. The molecule has 1 aromatic heterocycles. The van der Waals surface area contributed by atoms with Crippen molar-refractivity contribution in [3.8, 4) is 0 Å². The molecule has 3 heterocycles. The number of benzene rings is 1. The molecule has 0 bridgehead atoms. The molecule has 0 radical (unpaired) electrons. The number of nitrogens with zero attached hydrogens (tertiary/aromatic N) is 3. The Bertz CT molecular complexity index is 854. The van der Waals surface area contributed by atoms with E-state index in [1.165, 1.54) is 17.0 Å². The van der Waals surface area contributed by atoms with E-state index in [4.69, 9.17) is 0 Å². The first kappa shape index (κ1) is 23.6. The number of amides is 2. The molecule has 1 N–H and O–H groups in total. The summed E-state index contributed by atoms with van der Waals surface area (Å²) in [7, 11) is 1.69. The van der Waals surface area contributed by atoms with Crippen molar-refractivity contribution < 1.29 is 9.59 Å². The zero-order chi connectivity index (χ0) is 21.0. The molecule has 2 amide bonds. The van der Waals surface area contributed by atoms with Crippen molar-refractivity contribution in [1.82, 2.24) is 15.1 Å². The van der Waals surface area contributed by atoms with E-state index in [0.717, 1.165) is 50.3 Å². The lowest BCUT2D eigenvalue weighted by Crippen LogP contribution is -2.54. The first-order valence-electron chi connectivity index (χ1n) is 10.7. The number of carbonyl (C=O) groups excluding carboxylic acids is 2. The fourth-order valence-electron chi connectivity index (χ4n) is 4.71. The SMILES string of the molecule is CNC(=O)N1CN(c2ccccc2)C2(CCN(CCCC(=O)c3cccs3)CC2)C1.Cl. The average molecular weight is 463 g/mol. The largest absolute Gasteiger partial charge is 0.346 e. The summed E-state index contributed by atoms with van der Waals surface area (Å²) in [4.78, 5) is 32.2. The highest BCUT2D eigenvalue weighted by Crippen LogP contribution is 2.38. The monoisotopic (exact) mass is 462 g/mol. The van der Waals surface area contributed by atoms with Crippen LogP contribution in [0.3, 0.4) is 0 Å². The number of Topliss-reactive ketones (excluding diaryl/α,β-unsaturated/α-hetero) is 1. The Morgan fingerprint density at radius 2 is 1.84 bits per heavy atom. The summed E-state index contributed by atoms with van der Waals surface area (Å²) in [5, 5.41) is 4.74. The molecule has 1 aromatic carbocycles. The second-order valence-corrected chi connectivity index (χ2v) is 9.18. The number of piperidine rings is 1. The molecule has 2 aromatic rings. The quantitative estimate of drug-likeness (QED) is 0.657. The lowest BCUT2D eigenvalue weighted by Gasteiger charge is -2.45. The van der Waals surface area contributed by atoms with Gasteiger partial charge in [-0.15, -0.1) is 23.7 Å². The van der Waals surface area contributed by atoms with Crippen molar-refractivity contribution in [2.24, 2.45) is 0 Å². The topological polar surface area (TPSA) is 55.9 Å². The second-order valence-electron chi connectivity index (χ2n) is 8.23. The van der Waals surface area contributed by atoms with Gasteiger partial charge in [0.25, 0.3) is 0 Å². The molecular weight excluding hydrogens is 432 g/mol. The van der Waals surface area contributed by atoms with Crippen LogP contribution in [0.4, 0.5) is 10.5 Å². The highest BCUT2D eigenvalue weighted by atomic mass is 35.5. The number of ketones is 1. The van der Waals surface area contributed by atoms with Crippen LogP contribution in [-0.4, -0.2) is 67.0 Å². The number of rotatable bonds is 6. The van der Waals surface area contributed by atoms with E-state index in [9.17, 15) is 9.59 Å². The second kappa shape index (κ2) is 10.5. The summed E-state index contributed by atoms with van der Waals surface area (Å²) >= 11 is 1.53. The summed E-state index contributed by atoms with van der Waals surface area (Å²) in [6.07, 6.45) is 3.56. The summed E-state index contributed by atoms with van der Waals surface area (Å²) in [5.41, 5.74) is 1.16. The average Bonchev–Trinajstić information content (AvgIpc) is 3.44. The molecule has 168 valence electrons. The van der Waals surface area contributed by atoms with E-state index in [0.29, 0.717) is 13.1 Å². The smallest absolute Gasteiger partial charge is 0.318 e. The maximum absolute atomic E-state index is 12.3. The standard InChI is InChI=1S/C23H30N4O2S.ClH/c1-24-22(29)26-17-23(27(18-26)19-7-3-2-4-8-19)11-14-25(15-12-23)13-5-9-20(28)21-10-6-16-30-21;/h2-4,6-8,10,16H,5,9,11-15,17-18H2,1H3,(H,24,29);1H. The normalized spacial score (nSPS) is 18.1. The van der Waals surface area contributed by atoms with Gasteiger partial charge in [-0.1, -0.05) is 24.3 Å². The molecule has 6 nitrogen and oxygen atoms in total. The molecular formula is C23H31ClN4O2S. The fourth-order valence-corrected chi connectivity index (χ4v) is 5.41. The number of anilines is 1. The summed E-state index contributed by atoms with van der Waals surface area (Å²) < 4.78 is 0. The fraction of sp³-hybridized carbons (Fsp3) is 0.478. The highest BCUT2D eigenvalue weighted by molar-refractivity contribution is 7.12. The van der Waals surface area contributed by atoms with Gasteiger partial charge in [-0.25, -0.2) is 4.79 Å². The van der Waals surface area contributed by atoms with Gasteiger partial charge in [-0.3, -0.25) is 4.79 Å². The van der Waals surface area contributed by atoms with Gasteiger partial charge in [0.1, 0.15) is 0 Å². The Morgan fingerprint density at radius 3 is 2.48 bits per heavy atom. The lowest BCUT2D eigenvalue weighted by atomic mass is 9.86. The third-order valence-corrected chi connectivity index (χ3v) is 7.31. The summed E-state index contributed by atoms with van der Waals surface area (Å²) in [5.74, 6) is 0.255. The molecule has 2 aliphatic heterocycles. The van der Waals surface area contributed by atoms with Gasteiger partial charge in [0, 0.05) is 38.8 Å². The van der Waals surface area contributed by atoms with Crippen LogP contribution in [0, 0.1) is 0 Å². The molecule has 4 rings (SSSR count). The van der Waals surface area contributed by atoms with Crippen LogP contribution >= 0.6 is 23.7 Å². The van der Waals surface area contributed by atoms with Crippen molar-refractivity contribution in [3.63, 3.8) is 0 Å². The molecule has 0 aliphatic carbocycles. The molecule has 0 atom stereocenters. The van der Waals surface area contributed by atoms with E-state index >= 15 is 0 Å². The lowest BCUT2D eigenvalue weighted by molar-refractivity contribution is 0.0972. The molecule has 8 heteroatoms. The molecule has 31 heavy (non-hydrogen) atoms. The van der Waals surface area contributed by atoms with Crippen LogP contribution in [-0.2, 0) is 0 Å². The number of urea groups is 1. The third-order valence-electron chi connectivity index (χ3n) is 6.40. The molecule has 2 saturated heterocycles. The van der Waals surface area contributed by atoms with Crippen molar-refractivity contribution in [3.05, 3.63) is 52.7 Å². The first-order valence-corrected chi connectivity index (χ1v) is 11.6. The number of halogens is 1. The van der Waals surface area contributed by atoms with Crippen LogP contribution < -0.4 is 10.2 Å². The number of hydrogen-bond donors (Lipinski definition) is 1. The minimum atomic E-state index is -0.0167. The molecule has 2 fully saturated rings. The Balaban J connectivity index is 0.00000272. The van der Waals surface area contributed by atoms with Crippen LogP contribution in [0.15, 0.2) is 47.8 Å². The van der Waals surface area contributed by atoms with E-state index in [2.05, 4.69) is 39.4 Å². The predicted octanol–water partition coefficient (Wildman–Crippen LogP) is 4.09. The maximum Gasteiger partial charge on any atom is 0.318 e. The van der Waals surface area contributed by atoms with Gasteiger partial charge in [0.2, 0.25) is 0 Å². The minimum absolute atomic E-state index is 0. The summed E-state index contributed by atoms with van der Waals surface area (Å²) in [6, 6.07) is 14.3. The maximum atomic E-state index is 12.3. The first-order chi connectivity index (χ1) is 14.6. The number of nitrogens with one attached hydrogen (secondary N) is 1.